The summed E-state index contributed by atoms with van der Waals surface area (Å²) in [6.07, 6.45) is 0.915. The molecule has 32 heavy (non-hydrogen) atoms. The minimum absolute atomic E-state index is 0.0507. The summed E-state index contributed by atoms with van der Waals surface area (Å²) in [5.41, 5.74) is 0.807. The molecule has 2 aromatic carbocycles. The van der Waals surface area contributed by atoms with E-state index < -0.39 is 27.8 Å². The third-order valence-corrected chi connectivity index (χ3v) is 8.45. The highest BCUT2D eigenvalue weighted by molar-refractivity contribution is 7.89. The molecule has 1 aliphatic rings. The lowest BCUT2D eigenvalue weighted by Gasteiger charge is -2.21. The van der Waals surface area contributed by atoms with Gasteiger partial charge in [-0.25, -0.2) is 12.8 Å². The Balaban J connectivity index is 1.70. The molecule has 0 radical (unpaired) electrons. The summed E-state index contributed by atoms with van der Waals surface area (Å²) in [7, 11) is 0.918. The van der Waals surface area contributed by atoms with Crippen molar-refractivity contribution in [1.82, 2.24) is 8.87 Å². The summed E-state index contributed by atoms with van der Waals surface area (Å²) >= 11 is 1.30. The Kier molecular flexibility index (Phi) is 6.06. The smallest absolute Gasteiger partial charge is 0.266 e. The van der Waals surface area contributed by atoms with E-state index in [1.54, 1.807) is 31.9 Å². The second-order valence-electron chi connectivity index (χ2n) is 7.30. The molecule has 1 saturated heterocycles. The van der Waals surface area contributed by atoms with Gasteiger partial charge in [-0.05, 0) is 37.1 Å². The zero-order valence-electron chi connectivity index (χ0n) is 17.7. The number of carbonyl (C=O) groups is 1. The Morgan fingerprint density at radius 2 is 1.81 bits per heavy atom. The molecule has 8 nitrogen and oxygen atoms in total. The van der Waals surface area contributed by atoms with Crippen LogP contribution in [0, 0.1) is 5.82 Å². The van der Waals surface area contributed by atoms with E-state index in [1.165, 1.54) is 23.5 Å². The molecule has 0 aliphatic carbocycles. The van der Waals surface area contributed by atoms with Gasteiger partial charge in [-0.2, -0.15) is 9.30 Å². The molecule has 170 valence electrons. The number of sulfonamides is 1. The highest BCUT2D eigenvalue weighted by Crippen LogP contribution is 2.33. The van der Waals surface area contributed by atoms with Crippen molar-refractivity contribution >= 4 is 37.5 Å². The standard InChI is InChI=1S/C21H22FN3O5S2/c1-24-16-11-17(29-2)18(30-3)12-19(16)31-21(24)23-20(26)15-5-4-10-25(15)32(27,28)14-8-6-13(22)7-9-14/h6-9,11-12,15H,4-5,10H2,1-3H3. The van der Waals surface area contributed by atoms with Gasteiger partial charge in [0, 0.05) is 25.7 Å². The van der Waals surface area contributed by atoms with Gasteiger partial charge in [0.1, 0.15) is 11.9 Å². The number of thiazole rings is 1. The number of amides is 1. The first-order valence-corrected chi connectivity index (χ1v) is 12.1. The summed E-state index contributed by atoms with van der Waals surface area (Å²) in [5, 5.41) is 0. The first-order valence-electron chi connectivity index (χ1n) is 9.84. The Morgan fingerprint density at radius 1 is 1.16 bits per heavy atom. The third kappa shape index (κ3) is 3.91. The van der Waals surface area contributed by atoms with Gasteiger partial charge >= 0.3 is 0 Å². The van der Waals surface area contributed by atoms with E-state index in [0.717, 1.165) is 26.7 Å². The molecule has 2 heterocycles. The average molecular weight is 480 g/mol. The molecular weight excluding hydrogens is 457 g/mol. The summed E-state index contributed by atoms with van der Waals surface area (Å²) in [5.74, 6) is 0.0542. The fraction of sp³-hybridized carbons (Fsp3) is 0.333. The highest BCUT2D eigenvalue weighted by atomic mass is 32.2. The minimum Gasteiger partial charge on any atom is -0.493 e. The lowest BCUT2D eigenvalue weighted by molar-refractivity contribution is -0.121. The molecule has 0 spiro atoms. The maximum Gasteiger partial charge on any atom is 0.266 e. The van der Waals surface area contributed by atoms with E-state index in [9.17, 15) is 17.6 Å². The Morgan fingerprint density at radius 3 is 2.47 bits per heavy atom. The van der Waals surface area contributed by atoms with Crippen molar-refractivity contribution in [3.63, 3.8) is 0 Å². The van der Waals surface area contributed by atoms with Crippen LogP contribution < -0.4 is 14.3 Å². The van der Waals surface area contributed by atoms with E-state index in [1.807, 2.05) is 6.07 Å². The van der Waals surface area contributed by atoms with Crippen molar-refractivity contribution in [2.24, 2.45) is 12.0 Å². The first kappa shape index (κ1) is 22.4. The normalized spacial score (nSPS) is 17.8. The summed E-state index contributed by atoms with van der Waals surface area (Å²) < 4.78 is 53.7. The molecule has 1 amide bonds. The molecule has 1 aromatic heterocycles. The second-order valence-corrected chi connectivity index (χ2v) is 10.2. The van der Waals surface area contributed by atoms with E-state index in [-0.39, 0.29) is 11.4 Å². The molecule has 0 N–H and O–H groups in total. The van der Waals surface area contributed by atoms with E-state index in [2.05, 4.69) is 4.99 Å². The van der Waals surface area contributed by atoms with Crippen LogP contribution in [0.2, 0.25) is 0 Å². The van der Waals surface area contributed by atoms with Crippen LogP contribution in [0.15, 0.2) is 46.3 Å². The molecule has 1 atom stereocenters. The van der Waals surface area contributed by atoms with Gasteiger partial charge in [-0.1, -0.05) is 11.3 Å². The van der Waals surface area contributed by atoms with Crippen molar-refractivity contribution < 1.29 is 27.1 Å². The number of rotatable bonds is 5. The molecule has 3 aromatic rings. The number of aryl methyl sites for hydroxylation is 1. The van der Waals surface area contributed by atoms with E-state index in [0.29, 0.717) is 29.1 Å². The summed E-state index contributed by atoms with van der Waals surface area (Å²) in [4.78, 5) is 17.7. The molecule has 1 fully saturated rings. The Bertz CT molecular complexity index is 1350. The number of methoxy groups -OCH3 is 2. The van der Waals surface area contributed by atoms with Crippen molar-refractivity contribution in [2.45, 2.75) is 23.8 Å². The molecule has 1 unspecified atom stereocenters. The molecule has 0 bridgehead atoms. The topological polar surface area (TPSA) is 90.2 Å². The molecule has 11 heteroatoms. The van der Waals surface area contributed by atoms with Crippen LogP contribution in [0.3, 0.4) is 0 Å². The van der Waals surface area contributed by atoms with Crippen LogP contribution >= 0.6 is 11.3 Å². The van der Waals surface area contributed by atoms with Crippen LogP contribution in [0.4, 0.5) is 4.39 Å². The maximum atomic E-state index is 13.2. The second kappa shape index (κ2) is 8.64. The van der Waals surface area contributed by atoms with E-state index in [4.69, 9.17) is 9.47 Å². The predicted octanol–water partition coefficient (Wildman–Crippen LogP) is 2.68. The quantitative estimate of drug-likeness (QED) is 0.561. The summed E-state index contributed by atoms with van der Waals surface area (Å²) in [6, 6.07) is 7.29. The zero-order chi connectivity index (χ0) is 23.0. The largest absolute Gasteiger partial charge is 0.493 e. The lowest BCUT2D eigenvalue weighted by Crippen LogP contribution is -2.40. The van der Waals surface area contributed by atoms with Gasteiger partial charge in [-0.3, -0.25) is 4.79 Å². The molecular formula is C21H22FN3O5S2. The highest BCUT2D eigenvalue weighted by Gasteiger charge is 2.39. The van der Waals surface area contributed by atoms with Crippen LogP contribution in [0.25, 0.3) is 10.2 Å². The average Bonchev–Trinajstić information content (AvgIpc) is 3.39. The van der Waals surface area contributed by atoms with Gasteiger partial charge in [-0.15, -0.1) is 0 Å². The minimum atomic E-state index is -3.95. The van der Waals surface area contributed by atoms with Crippen molar-refractivity contribution in [1.29, 1.82) is 0 Å². The number of carbonyl (C=O) groups excluding carboxylic acids is 1. The Hall–Kier alpha value is -2.76. The van der Waals surface area contributed by atoms with Crippen LogP contribution in [-0.2, 0) is 21.9 Å². The fourth-order valence-corrected chi connectivity index (χ4v) is 6.43. The number of hydrogen-bond acceptors (Lipinski definition) is 6. The van der Waals surface area contributed by atoms with Crippen LogP contribution in [0.5, 0.6) is 11.5 Å². The molecule has 4 rings (SSSR count). The van der Waals surface area contributed by atoms with Crippen molar-refractivity contribution in [3.05, 3.63) is 47.0 Å². The van der Waals surface area contributed by atoms with Gasteiger partial charge in [0.2, 0.25) is 10.0 Å². The van der Waals surface area contributed by atoms with Crippen LogP contribution in [0.1, 0.15) is 12.8 Å². The van der Waals surface area contributed by atoms with E-state index >= 15 is 0 Å². The Labute approximate surface area is 188 Å². The lowest BCUT2D eigenvalue weighted by atomic mass is 10.2. The first-order chi connectivity index (χ1) is 15.3. The number of fused-ring (bicyclic) bond motifs is 1. The van der Waals surface area contributed by atoms with Gasteiger partial charge in [0.25, 0.3) is 5.91 Å². The SMILES string of the molecule is COc1cc2sc(=NC(=O)C3CCCN3S(=O)(=O)c3ccc(F)cc3)n(C)c2cc1OC. The molecule has 1 aliphatic heterocycles. The number of hydrogen-bond donors (Lipinski definition) is 0. The van der Waals surface area contributed by atoms with Crippen molar-refractivity contribution in [3.8, 4) is 11.5 Å². The van der Waals surface area contributed by atoms with Crippen LogP contribution in [-0.4, -0.2) is 50.0 Å². The monoisotopic (exact) mass is 479 g/mol. The number of halogens is 1. The zero-order valence-corrected chi connectivity index (χ0v) is 19.4. The maximum absolute atomic E-state index is 13.2. The van der Waals surface area contributed by atoms with Gasteiger partial charge < -0.3 is 14.0 Å². The van der Waals surface area contributed by atoms with Gasteiger partial charge in [0.05, 0.1) is 29.3 Å². The van der Waals surface area contributed by atoms with Crippen molar-refractivity contribution in [2.75, 3.05) is 20.8 Å². The third-order valence-electron chi connectivity index (χ3n) is 5.43. The predicted molar refractivity (Wildman–Crippen MR) is 118 cm³/mol. The number of aromatic nitrogens is 1. The number of benzene rings is 2. The molecule has 0 saturated carbocycles. The van der Waals surface area contributed by atoms with Gasteiger partial charge in [0.15, 0.2) is 16.3 Å². The fourth-order valence-electron chi connectivity index (χ4n) is 3.75. The number of ether oxygens (including phenoxy) is 2. The summed E-state index contributed by atoms with van der Waals surface area (Å²) in [6.45, 7) is 0.207. The number of nitrogens with zero attached hydrogens (tertiary/aromatic N) is 3.